The highest BCUT2D eigenvalue weighted by atomic mass is 19.4. The molecule has 0 aliphatic carbocycles. The monoisotopic (exact) mass is 774 g/mol. The van der Waals surface area contributed by atoms with Gasteiger partial charge in [0.25, 0.3) is 0 Å². The lowest BCUT2D eigenvalue weighted by atomic mass is 10.00. The van der Waals surface area contributed by atoms with Gasteiger partial charge < -0.3 is 34.8 Å². The summed E-state index contributed by atoms with van der Waals surface area (Å²) in [6.45, 7) is 10.3. The van der Waals surface area contributed by atoms with Crippen LogP contribution in [0.5, 0.6) is 11.5 Å². The lowest BCUT2D eigenvalue weighted by molar-refractivity contribution is -0.386. The normalized spacial score (nSPS) is 20.8. The lowest BCUT2D eigenvalue weighted by Crippen LogP contribution is -2.52. The van der Waals surface area contributed by atoms with Crippen LogP contribution in [-0.2, 0) is 12.4 Å². The number of methoxy groups -OCH3 is 2. The van der Waals surface area contributed by atoms with Crippen LogP contribution in [0.25, 0.3) is 0 Å². The fourth-order valence-electron chi connectivity index (χ4n) is 7.92. The molecule has 4 fully saturated rings. The predicted octanol–water partition coefficient (Wildman–Crippen LogP) is 5.35. The summed E-state index contributed by atoms with van der Waals surface area (Å²) in [6, 6.07) is 4.96. The van der Waals surface area contributed by atoms with Crippen molar-refractivity contribution in [2.24, 2.45) is 0 Å². The number of nitro groups is 1. The van der Waals surface area contributed by atoms with E-state index in [0.717, 1.165) is 90.2 Å². The SMILES string of the molecule is COc1cc(N2CCC(N3CCN(C)CC3)CC2)c(C(F)(F)F)cc1N.COc1cc(N2CCC(N3CCN(C)CC3)CC2)c(C(F)(F)F)cc1[N+](=O)[O-]. The minimum absolute atomic E-state index is 0.0101. The number of ether oxygens (including phenoxy) is 2. The lowest BCUT2D eigenvalue weighted by Gasteiger charge is -2.43. The summed E-state index contributed by atoms with van der Waals surface area (Å²) < 4.78 is 91.3. The number of rotatable bonds is 7. The van der Waals surface area contributed by atoms with Crippen molar-refractivity contribution in [3.8, 4) is 11.5 Å². The molecule has 2 N–H and O–H groups in total. The van der Waals surface area contributed by atoms with E-state index in [1.54, 1.807) is 4.90 Å². The molecule has 54 heavy (non-hydrogen) atoms. The fraction of sp³-hybridized carbons (Fsp3) is 0.667. The van der Waals surface area contributed by atoms with Gasteiger partial charge in [-0.3, -0.25) is 19.9 Å². The molecule has 18 heteroatoms. The minimum atomic E-state index is -4.68. The average Bonchev–Trinajstić information content (AvgIpc) is 3.14. The van der Waals surface area contributed by atoms with Crippen molar-refractivity contribution in [3.63, 3.8) is 0 Å². The van der Waals surface area contributed by atoms with Crippen molar-refractivity contribution < 1.29 is 40.7 Å². The van der Waals surface area contributed by atoms with E-state index < -0.39 is 34.1 Å². The van der Waals surface area contributed by atoms with Crippen LogP contribution in [0, 0.1) is 10.1 Å². The van der Waals surface area contributed by atoms with Crippen LogP contribution < -0.4 is 25.0 Å². The maximum absolute atomic E-state index is 13.6. The number of likely N-dealkylation sites (N-methyl/N-ethyl adjacent to an activating group) is 2. The Balaban J connectivity index is 0.000000208. The van der Waals surface area contributed by atoms with Gasteiger partial charge >= 0.3 is 18.0 Å². The summed E-state index contributed by atoms with van der Waals surface area (Å²) in [6.07, 6.45) is -5.85. The highest BCUT2D eigenvalue weighted by Gasteiger charge is 2.40. The number of nitrogens with two attached hydrogens (primary N) is 1. The molecule has 12 nitrogen and oxygen atoms in total. The van der Waals surface area contributed by atoms with Crippen LogP contribution >= 0.6 is 0 Å². The smallest absolute Gasteiger partial charge is 0.418 e. The second-order valence-electron chi connectivity index (χ2n) is 14.5. The van der Waals surface area contributed by atoms with E-state index in [2.05, 4.69) is 33.7 Å². The van der Waals surface area contributed by atoms with Crippen molar-refractivity contribution in [3.05, 3.63) is 45.5 Å². The third-order valence-corrected chi connectivity index (χ3v) is 11.2. The number of alkyl halides is 6. The number of piperidine rings is 2. The highest BCUT2D eigenvalue weighted by Crippen LogP contribution is 2.44. The Hall–Kier alpha value is -3.74. The molecule has 6 rings (SSSR count). The Bertz CT molecular complexity index is 1570. The molecule has 0 radical (unpaired) electrons. The van der Waals surface area contributed by atoms with Crippen molar-refractivity contribution in [1.29, 1.82) is 0 Å². The number of hydrogen-bond donors (Lipinski definition) is 1. The molecular formula is C36H52F6N8O4. The molecule has 0 bridgehead atoms. The number of hydrogen-bond acceptors (Lipinski definition) is 11. The topological polar surface area (TPSA) is 107 Å². The quantitative estimate of drug-likeness (QED) is 0.170. The van der Waals surface area contributed by atoms with E-state index in [1.807, 2.05) is 4.90 Å². The zero-order valence-electron chi connectivity index (χ0n) is 31.4. The third kappa shape index (κ3) is 9.92. The minimum Gasteiger partial charge on any atom is -0.495 e. The maximum atomic E-state index is 13.6. The van der Waals surface area contributed by atoms with Gasteiger partial charge in [-0.15, -0.1) is 0 Å². The maximum Gasteiger partial charge on any atom is 0.418 e. The molecule has 0 saturated carbocycles. The first kappa shape index (κ1) is 41.4. The Kier molecular flexibility index (Phi) is 13.3. The Labute approximate surface area is 312 Å². The fourth-order valence-corrected chi connectivity index (χ4v) is 7.92. The highest BCUT2D eigenvalue weighted by molar-refractivity contribution is 5.68. The molecule has 2 aromatic rings. The number of nitrogens with zero attached hydrogens (tertiary/aromatic N) is 7. The first-order valence-electron chi connectivity index (χ1n) is 18.3. The van der Waals surface area contributed by atoms with Gasteiger partial charge in [0.2, 0.25) is 0 Å². The molecule has 0 unspecified atom stereocenters. The summed E-state index contributed by atoms with van der Waals surface area (Å²) in [5, 5.41) is 11.1. The standard InChI is InChI=1S/C18H25F3N4O3.C18H27F3N4O/c1-22-7-9-23(10-8-22)13-3-5-24(6-4-13)15-12-17(28-2)16(25(26)27)11-14(15)18(19,20)21;1-23-7-9-24(10-8-23)13-3-5-25(6-4-13)16-12-17(26-2)15(22)11-14(16)18(19,20)21/h11-13H,3-10H2,1-2H3;11-13H,3-10,22H2,1-2H3. The number of benzene rings is 2. The van der Waals surface area contributed by atoms with E-state index >= 15 is 0 Å². The van der Waals surface area contributed by atoms with Gasteiger partial charge in [-0.1, -0.05) is 0 Å². The number of piperazine rings is 2. The van der Waals surface area contributed by atoms with E-state index in [9.17, 15) is 36.5 Å². The average molecular weight is 775 g/mol. The van der Waals surface area contributed by atoms with Gasteiger partial charge in [0.15, 0.2) is 5.75 Å². The second kappa shape index (κ2) is 17.4. The molecule has 4 aliphatic rings. The molecule has 4 saturated heterocycles. The van der Waals surface area contributed by atoms with Gasteiger partial charge in [0.1, 0.15) is 5.75 Å². The van der Waals surface area contributed by atoms with Crippen LogP contribution in [0.4, 0.5) is 49.1 Å². The summed E-state index contributed by atoms with van der Waals surface area (Å²) in [4.78, 5) is 23.2. The molecule has 0 spiro atoms. The van der Waals surface area contributed by atoms with Crippen LogP contribution in [-0.4, -0.2) is 143 Å². The molecule has 4 aliphatic heterocycles. The van der Waals surface area contributed by atoms with Crippen molar-refractivity contribution in [2.45, 2.75) is 50.1 Å². The Morgan fingerprint density at radius 3 is 1.35 bits per heavy atom. The van der Waals surface area contributed by atoms with Crippen molar-refractivity contribution in [1.82, 2.24) is 19.6 Å². The molecule has 0 atom stereocenters. The van der Waals surface area contributed by atoms with Crippen LogP contribution in [0.3, 0.4) is 0 Å². The second-order valence-corrected chi connectivity index (χ2v) is 14.5. The number of anilines is 3. The van der Waals surface area contributed by atoms with Crippen LogP contribution in [0.1, 0.15) is 36.8 Å². The van der Waals surface area contributed by atoms with Gasteiger partial charge in [-0.05, 0) is 45.8 Å². The largest absolute Gasteiger partial charge is 0.495 e. The van der Waals surface area contributed by atoms with Gasteiger partial charge in [0.05, 0.1) is 47.3 Å². The third-order valence-electron chi connectivity index (χ3n) is 11.2. The van der Waals surface area contributed by atoms with Crippen LogP contribution in [0.15, 0.2) is 24.3 Å². The molecule has 0 amide bonds. The van der Waals surface area contributed by atoms with Gasteiger partial charge in [-0.25, -0.2) is 0 Å². The first-order chi connectivity index (χ1) is 25.5. The first-order valence-corrected chi connectivity index (χ1v) is 18.3. The molecular weight excluding hydrogens is 722 g/mol. The molecule has 2 aromatic carbocycles. The summed E-state index contributed by atoms with van der Waals surface area (Å²) in [7, 11) is 6.84. The summed E-state index contributed by atoms with van der Waals surface area (Å²) in [5.41, 5.74) is 3.48. The Morgan fingerprint density at radius 2 is 1.00 bits per heavy atom. The van der Waals surface area contributed by atoms with E-state index in [4.69, 9.17) is 15.2 Å². The molecule has 302 valence electrons. The number of nitro benzene ring substituents is 1. The Morgan fingerprint density at radius 1 is 0.630 bits per heavy atom. The molecule has 4 heterocycles. The predicted molar refractivity (Wildman–Crippen MR) is 196 cm³/mol. The summed E-state index contributed by atoms with van der Waals surface area (Å²) >= 11 is 0. The van der Waals surface area contributed by atoms with Crippen molar-refractivity contribution >= 4 is 22.7 Å². The molecule has 0 aromatic heterocycles. The van der Waals surface area contributed by atoms with E-state index in [-0.39, 0.29) is 28.6 Å². The number of halogens is 6. The van der Waals surface area contributed by atoms with Gasteiger partial charge in [-0.2, -0.15) is 26.3 Å². The van der Waals surface area contributed by atoms with Crippen LogP contribution in [0.2, 0.25) is 0 Å². The van der Waals surface area contributed by atoms with Crippen molar-refractivity contribution in [2.75, 3.05) is 122 Å². The summed E-state index contributed by atoms with van der Waals surface area (Å²) in [5.74, 6) is 0.128. The van der Waals surface area contributed by atoms with E-state index in [1.165, 1.54) is 20.3 Å². The number of nitrogen functional groups attached to an aromatic ring is 1. The van der Waals surface area contributed by atoms with E-state index in [0.29, 0.717) is 44.3 Å². The zero-order chi connectivity index (χ0) is 39.4. The van der Waals surface area contributed by atoms with Gasteiger partial charge in [0, 0.05) is 109 Å². The zero-order valence-corrected chi connectivity index (χ0v) is 31.4.